The molecule has 1 aliphatic heterocycles. The van der Waals surface area contributed by atoms with Gasteiger partial charge in [-0.15, -0.1) is 0 Å². The van der Waals surface area contributed by atoms with Crippen LogP contribution in [0, 0.1) is 6.92 Å². The van der Waals surface area contributed by atoms with Crippen LogP contribution in [0.2, 0.25) is 0 Å². The molecule has 0 amide bonds. The number of H-pyrrole nitrogens is 1. The van der Waals surface area contributed by atoms with Crippen LogP contribution in [-0.2, 0) is 6.54 Å². The Bertz CT molecular complexity index is 587. The normalized spacial score (nSPS) is 16.5. The molecule has 0 unspecified atom stereocenters. The number of aromatic amines is 1. The minimum absolute atomic E-state index is 0.899. The van der Waals surface area contributed by atoms with E-state index in [9.17, 15) is 0 Å². The third-order valence-corrected chi connectivity index (χ3v) is 4.11. The lowest BCUT2D eigenvalue weighted by atomic mass is 10.1. The molecule has 2 aromatic rings. The van der Waals surface area contributed by atoms with Gasteiger partial charge in [-0.25, -0.2) is 4.98 Å². The smallest absolute Gasteiger partial charge is 0.121 e. The van der Waals surface area contributed by atoms with E-state index in [0.29, 0.717) is 0 Å². The number of nitrogens with one attached hydrogen (secondary N) is 2. The molecule has 1 saturated heterocycles. The molecule has 0 spiro atoms. The molecule has 2 heterocycles. The monoisotopic (exact) mass is 334 g/mol. The summed E-state index contributed by atoms with van der Waals surface area (Å²) in [5.74, 6) is 1.05. The molecule has 0 bridgehead atoms. The van der Waals surface area contributed by atoms with Crippen LogP contribution >= 0.6 is 15.9 Å². The second kappa shape index (κ2) is 6.08. The Balaban J connectivity index is 1.80. The first-order valence-corrected chi connectivity index (χ1v) is 7.76. The lowest BCUT2D eigenvalue weighted by molar-refractivity contribution is 0.228. The number of benzene rings is 1. The quantitative estimate of drug-likeness (QED) is 0.906. The molecule has 0 saturated carbocycles. The number of rotatable bonds is 3. The van der Waals surface area contributed by atoms with Crippen molar-refractivity contribution >= 4 is 15.9 Å². The lowest BCUT2D eigenvalue weighted by Gasteiger charge is -2.26. The van der Waals surface area contributed by atoms with Gasteiger partial charge in [-0.1, -0.05) is 28.1 Å². The molecule has 3 rings (SSSR count). The van der Waals surface area contributed by atoms with Crippen molar-refractivity contribution in [1.82, 2.24) is 20.2 Å². The zero-order chi connectivity index (χ0) is 13.9. The first-order valence-electron chi connectivity index (χ1n) is 6.97. The Labute approximate surface area is 127 Å². The van der Waals surface area contributed by atoms with E-state index < -0.39 is 0 Å². The molecule has 1 fully saturated rings. The Morgan fingerprint density at radius 2 is 2.10 bits per heavy atom. The second-order valence-electron chi connectivity index (χ2n) is 5.19. The van der Waals surface area contributed by atoms with Gasteiger partial charge in [0.05, 0.1) is 12.2 Å². The summed E-state index contributed by atoms with van der Waals surface area (Å²) in [5, 5.41) is 3.37. The Hall–Kier alpha value is -1.17. The van der Waals surface area contributed by atoms with Crippen LogP contribution in [0.3, 0.4) is 0 Å². The summed E-state index contributed by atoms with van der Waals surface area (Å²) in [4.78, 5) is 10.6. The van der Waals surface area contributed by atoms with Crippen molar-refractivity contribution in [3.8, 4) is 11.3 Å². The molecule has 2 N–H and O–H groups in total. The first kappa shape index (κ1) is 13.8. The second-order valence-corrected chi connectivity index (χ2v) is 6.11. The minimum Gasteiger partial charge on any atom is -0.344 e. The van der Waals surface area contributed by atoms with Crippen LogP contribution in [0.15, 0.2) is 28.7 Å². The Kier molecular flexibility index (Phi) is 4.19. The van der Waals surface area contributed by atoms with Crippen molar-refractivity contribution in [2.75, 3.05) is 26.2 Å². The molecule has 1 aromatic heterocycles. The van der Waals surface area contributed by atoms with Gasteiger partial charge in [-0.05, 0) is 19.1 Å². The zero-order valence-corrected chi connectivity index (χ0v) is 13.2. The van der Waals surface area contributed by atoms with Gasteiger partial charge in [-0.3, -0.25) is 4.90 Å². The summed E-state index contributed by atoms with van der Waals surface area (Å²) in [7, 11) is 0. The van der Waals surface area contributed by atoms with E-state index in [1.54, 1.807) is 0 Å². The fourth-order valence-corrected chi connectivity index (χ4v) is 2.99. The SMILES string of the molecule is Cc1[nH]c(CN2CCNCC2)nc1-c1cccc(Br)c1. The molecule has 0 radical (unpaired) electrons. The standard InChI is InChI=1S/C15H19BrN4/c1-11-15(12-3-2-4-13(16)9-12)19-14(18-11)10-20-7-5-17-6-8-20/h2-4,9,17H,5-8,10H2,1H3,(H,18,19). The van der Waals surface area contributed by atoms with Crippen LogP contribution in [0.25, 0.3) is 11.3 Å². The number of piperazine rings is 1. The van der Waals surface area contributed by atoms with Crippen molar-refractivity contribution in [2.24, 2.45) is 0 Å². The fraction of sp³-hybridized carbons (Fsp3) is 0.400. The van der Waals surface area contributed by atoms with Crippen molar-refractivity contribution in [2.45, 2.75) is 13.5 Å². The van der Waals surface area contributed by atoms with Crippen molar-refractivity contribution in [1.29, 1.82) is 0 Å². The van der Waals surface area contributed by atoms with E-state index in [1.807, 2.05) is 12.1 Å². The maximum Gasteiger partial charge on any atom is 0.121 e. The summed E-state index contributed by atoms with van der Waals surface area (Å²) in [5.41, 5.74) is 3.34. The Morgan fingerprint density at radius 3 is 2.85 bits per heavy atom. The van der Waals surface area contributed by atoms with Crippen molar-refractivity contribution in [3.05, 3.63) is 40.3 Å². The molecule has 4 nitrogen and oxygen atoms in total. The third kappa shape index (κ3) is 3.11. The van der Waals surface area contributed by atoms with E-state index in [1.165, 1.54) is 0 Å². The molecule has 5 heteroatoms. The number of halogens is 1. The van der Waals surface area contributed by atoms with Gasteiger partial charge >= 0.3 is 0 Å². The van der Waals surface area contributed by atoms with Gasteiger partial charge in [0.1, 0.15) is 5.82 Å². The van der Waals surface area contributed by atoms with E-state index in [4.69, 9.17) is 4.98 Å². The highest BCUT2D eigenvalue weighted by molar-refractivity contribution is 9.10. The van der Waals surface area contributed by atoms with Crippen LogP contribution < -0.4 is 5.32 Å². The first-order chi connectivity index (χ1) is 9.72. The number of nitrogens with zero attached hydrogens (tertiary/aromatic N) is 2. The van der Waals surface area contributed by atoms with Crippen LogP contribution in [0.4, 0.5) is 0 Å². The van der Waals surface area contributed by atoms with Crippen molar-refractivity contribution in [3.63, 3.8) is 0 Å². The molecular formula is C15H19BrN4. The van der Waals surface area contributed by atoms with Gasteiger partial charge in [-0.2, -0.15) is 0 Å². The lowest BCUT2D eigenvalue weighted by Crippen LogP contribution is -2.43. The van der Waals surface area contributed by atoms with E-state index in [2.05, 4.69) is 50.2 Å². The molecule has 1 aromatic carbocycles. The number of aryl methyl sites for hydroxylation is 1. The average Bonchev–Trinajstić information content (AvgIpc) is 2.81. The fourth-order valence-electron chi connectivity index (χ4n) is 2.60. The highest BCUT2D eigenvalue weighted by Crippen LogP contribution is 2.24. The number of aromatic nitrogens is 2. The molecule has 1 aliphatic rings. The predicted octanol–water partition coefficient (Wildman–Crippen LogP) is 2.55. The highest BCUT2D eigenvalue weighted by atomic mass is 79.9. The molecular weight excluding hydrogens is 316 g/mol. The summed E-state index contributed by atoms with van der Waals surface area (Å²) >= 11 is 3.52. The van der Waals surface area contributed by atoms with E-state index in [0.717, 1.165) is 60.0 Å². The summed E-state index contributed by atoms with van der Waals surface area (Å²) in [6, 6.07) is 8.29. The molecule has 20 heavy (non-hydrogen) atoms. The highest BCUT2D eigenvalue weighted by Gasteiger charge is 2.14. The number of hydrogen-bond donors (Lipinski definition) is 2. The maximum atomic E-state index is 4.78. The van der Waals surface area contributed by atoms with E-state index in [-0.39, 0.29) is 0 Å². The zero-order valence-electron chi connectivity index (χ0n) is 11.6. The Morgan fingerprint density at radius 1 is 1.30 bits per heavy atom. The van der Waals surface area contributed by atoms with Crippen LogP contribution in [-0.4, -0.2) is 41.0 Å². The average molecular weight is 335 g/mol. The van der Waals surface area contributed by atoms with Gasteiger partial charge in [0.15, 0.2) is 0 Å². The summed E-state index contributed by atoms with van der Waals surface area (Å²) in [6.07, 6.45) is 0. The minimum atomic E-state index is 0.899. The van der Waals surface area contributed by atoms with Crippen LogP contribution in [0.1, 0.15) is 11.5 Å². The molecule has 106 valence electrons. The number of hydrogen-bond acceptors (Lipinski definition) is 3. The largest absolute Gasteiger partial charge is 0.344 e. The maximum absolute atomic E-state index is 4.78. The third-order valence-electron chi connectivity index (χ3n) is 3.61. The van der Waals surface area contributed by atoms with Gasteiger partial charge in [0, 0.05) is 41.9 Å². The topological polar surface area (TPSA) is 44.0 Å². The van der Waals surface area contributed by atoms with Gasteiger partial charge < -0.3 is 10.3 Å². The van der Waals surface area contributed by atoms with Gasteiger partial charge in [0.2, 0.25) is 0 Å². The molecule has 0 atom stereocenters. The van der Waals surface area contributed by atoms with Crippen molar-refractivity contribution < 1.29 is 0 Å². The number of imidazole rings is 1. The van der Waals surface area contributed by atoms with Gasteiger partial charge in [0.25, 0.3) is 0 Å². The van der Waals surface area contributed by atoms with Crippen LogP contribution in [0.5, 0.6) is 0 Å². The predicted molar refractivity (Wildman–Crippen MR) is 84.6 cm³/mol. The molecule has 0 aliphatic carbocycles. The summed E-state index contributed by atoms with van der Waals surface area (Å²) in [6.45, 7) is 7.30. The van der Waals surface area contributed by atoms with E-state index >= 15 is 0 Å². The summed E-state index contributed by atoms with van der Waals surface area (Å²) < 4.78 is 1.08.